The van der Waals surface area contributed by atoms with E-state index in [-0.39, 0.29) is 6.04 Å². The van der Waals surface area contributed by atoms with Crippen molar-refractivity contribution in [1.29, 1.82) is 0 Å². The molecule has 0 saturated heterocycles. The number of carboxylic acids is 1. The number of nitrogens with one attached hydrogen (secondary N) is 1. The lowest BCUT2D eigenvalue weighted by Gasteiger charge is -2.30. The third-order valence-electron chi connectivity index (χ3n) is 6.96. The molecule has 3 aromatic rings. The summed E-state index contributed by atoms with van der Waals surface area (Å²) >= 11 is 6.26. The normalized spacial score (nSPS) is 17.3. The fourth-order valence-corrected chi connectivity index (χ4v) is 5.10. The molecule has 0 aliphatic carbocycles. The molecule has 11 heteroatoms. The molecular formula is C28H31ClF3N5O2. The van der Waals surface area contributed by atoms with E-state index in [1.54, 1.807) is 0 Å². The van der Waals surface area contributed by atoms with Gasteiger partial charge in [-0.05, 0) is 74.6 Å². The van der Waals surface area contributed by atoms with Crippen LogP contribution >= 0.6 is 11.6 Å². The number of aromatic nitrogens is 3. The fraction of sp³-hybridized carbons (Fsp3) is 0.393. The van der Waals surface area contributed by atoms with Crippen LogP contribution in [-0.4, -0.2) is 56.3 Å². The van der Waals surface area contributed by atoms with Gasteiger partial charge in [0, 0.05) is 41.9 Å². The van der Waals surface area contributed by atoms with Gasteiger partial charge in [-0.2, -0.15) is 13.2 Å². The van der Waals surface area contributed by atoms with Gasteiger partial charge in [0.15, 0.2) is 0 Å². The molecule has 3 heterocycles. The van der Waals surface area contributed by atoms with Crippen LogP contribution in [0.4, 0.5) is 18.9 Å². The van der Waals surface area contributed by atoms with Crippen molar-refractivity contribution in [3.8, 4) is 11.3 Å². The molecule has 39 heavy (non-hydrogen) atoms. The Labute approximate surface area is 230 Å². The van der Waals surface area contributed by atoms with Gasteiger partial charge in [-0.1, -0.05) is 41.1 Å². The quantitative estimate of drug-likeness (QED) is 0.374. The highest BCUT2D eigenvalue weighted by Crippen LogP contribution is 2.39. The van der Waals surface area contributed by atoms with Crippen LogP contribution < -0.4 is 5.32 Å². The summed E-state index contributed by atoms with van der Waals surface area (Å²) in [5.41, 5.74) is 8.44. The molecule has 7 nitrogen and oxygen atoms in total. The van der Waals surface area contributed by atoms with E-state index in [4.69, 9.17) is 21.5 Å². The van der Waals surface area contributed by atoms with Gasteiger partial charge in [0.05, 0.1) is 17.4 Å². The van der Waals surface area contributed by atoms with E-state index in [0.717, 1.165) is 54.6 Å². The number of halogens is 4. The first-order chi connectivity index (χ1) is 18.4. The second kappa shape index (κ2) is 11.8. The Morgan fingerprint density at radius 3 is 2.54 bits per heavy atom. The van der Waals surface area contributed by atoms with Crippen molar-refractivity contribution in [2.24, 2.45) is 0 Å². The van der Waals surface area contributed by atoms with E-state index in [1.807, 2.05) is 29.8 Å². The van der Waals surface area contributed by atoms with Gasteiger partial charge in [0.25, 0.3) is 0 Å². The lowest BCUT2D eigenvalue weighted by Crippen LogP contribution is -2.34. The average molecular weight is 562 g/mol. The second-order valence-electron chi connectivity index (χ2n) is 9.92. The highest BCUT2D eigenvalue weighted by molar-refractivity contribution is 6.30. The molecule has 0 radical (unpaired) electrons. The average Bonchev–Trinajstić information content (AvgIpc) is 3.18. The van der Waals surface area contributed by atoms with Crippen LogP contribution in [0.2, 0.25) is 5.02 Å². The molecular weight excluding hydrogens is 531 g/mol. The number of hydrogen-bond donors (Lipinski definition) is 2. The van der Waals surface area contributed by atoms with Gasteiger partial charge >= 0.3 is 12.1 Å². The lowest BCUT2D eigenvalue weighted by molar-refractivity contribution is -0.192. The predicted molar refractivity (Wildman–Crippen MR) is 146 cm³/mol. The van der Waals surface area contributed by atoms with Gasteiger partial charge in [-0.25, -0.2) is 9.48 Å². The van der Waals surface area contributed by atoms with Gasteiger partial charge in [0.2, 0.25) is 0 Å². The first kappa shape index (κ1) is 28.6. The lowest BCUT2D eigenvalue weighted by atomic mass is 9.90. The molecule has 0 spiro atoms. The molecule has 0 bridgehead atoms. The molecule has 1 atom stereocenters. The summed E-state index contributed by atoms with van der Waals surface area (Å²) in [6, 6.07) is 15.6. The van der Waals surface area contributed by atoms with Crippen LogP contribution in [0.25, 0.3) is 16.8 Å². The number of alkyl halides is 3. The largest absolute Gasteiger partial charge is 0.490 e. The molecule has 208 valence electrons. The zero-order valence-corrected chi connectivity index (χ0v) is 22.7. The smallest absolute Gasteiger partial charge is 0.475 e. The Hall–Kier alpha value is -3.37. The van der Waals surface area contributed by atoms with Gasteiger partial charge in [-0.3, -0.25) is 4.90 Å². The van der Waals surface area contributed by atoms with Crippen molar-refractivity contribution in [2.75, 3.05) is 18.4 Å². The van der Waals surface area contributed by atoms with Gasteiger partial charge < -0.3 is 10.4 Å². The molecule has 2 aliphatic heterocycles. The topological polar surface area (TPSA) is 83.3 Å². The van der Waals surface area contributed by atoms with Crippen molar-refractivity contribution < 1.29 is 23.1 Å². The minimum absolute atomic E-state index is 0.167. The number of aryl methyl sites for hydroxylation is 2. The van der Waals surface area contributed by atoms with Crippen LogP contribution in [-0.2, 0) is 11.3 Å². The van der Waals surface area contributed by atoms with E-state index in [9.17, 15) is 13.2 Å². The summed E-state index contributed by atoms with van der Waals surface area (Å²) in [6.45, 7) is 9.54. The molecule has 1 aromatic heterocycles. The molecule has 2 aliphatic rings. The van der Waals surface area contributed by atoms with Crippen molar-refractivity contribution in [2.45, 2.75) is 58.4 Å². The minimum Gasteiger partial charge on any atom is -0.475 e. The Bertz CT molecular complexity index is 1370. The zero-order valence-electron chi connectivity index (χ0n) is 22.0. The molecule has 2 aromatic carbocycles. The minimum atomic E-state index is -5.08. The summed E-state index contributed by atoms with van der Waals surface area (Å²) in [6.07, 6.45) is -0.667. The molecule has 0 saturated carbocycles. The van der Waals surface area contributed by atoms with Gasteiger partial charge in [-0.15, -0.1) is 5.10 Å². The Morgan fingerprint density at radius 2 is 1.92 bits per heavy atom. The van der Waals surface area contributed by atoms with Crippen LogP contribution in [0, 0.1) is 6.92 Å². The highest BCUT2D eigenvalue weighted by Gasteiger charge is 2.38. The van der Waals surface area contributed by atoms with Crippen LogP contribution in [0.3, 0.4) is 0 Å². The molecule has 0 amide bonds. The zero-order chi connectivity index (χ0) is 28.3. The van der Waals surface area contributed by atoms with Crippen molar-refractivity contribution in [3.05, 3.63) is 70.4 Å². The van der Waals surface area contributed by atoms with Crippen LogP contribution in [0.1, 0.15) is 49.6 Å². The summed E-state index contributed by atoms with van der Waals surface area (Å²) in [5.74, 6) is -2.76. The summed E-state index contributed by atoms with van der Waals surface area (Å²) in [4.78, 5) is 11.4. The van der Waals surface area contributed by atoms with Crippen molar-refractivity contribution in [1.82, 2.24) is 19.9 Å². The maximum atomic E-state index is 10.6. The standard InChI is InChI=1S/C26H30ClN5.C2HF3O2/c1-17(2)31-12-9-19(10-13-31)20-7-8-23-24(15-20)25(28-22-6-4-5-21(27)16-22)11-14-32-26(23)18(3)29-30-32;3-2(4,5)1(6)7/h4-9,15-17,25,28H,10-14H2,1-3H3;(H,6,7). The van der Waals surface area contributed by atoms with Crippen molar-refractivity contribution >= 4 is 28.8 Å². The first-order valence-corrected chi connectivity index (χ1v) is 13.1. The number of rotatable bonds is 4. The van der Waals surface area contributed by atoms with Crippen molar-refractivity contribution in [3.63, 3.8) is 0 Å². The number of carboxylic acid groups (broad SMARTS) is 1. The monoisotopic (exact) mass is 561 g/mol. The highest BCUT2D eigenvalue weighted by atomic mass is 35.5. The SMILES string of the molecule is Cc1nnn2c1-c1ccc(C3=CCN(C(C)C)CC3)cc1C(Nc1cccc(Cl)c1)CC2.O=C(O)C(F)(F)F. The molecule has 1 unspecified atom stereocenters. The van der Waals surface area contributed by atoms with E-state index < -0.39 is 12.1 Å². The number of hydrogen-bond acceptors (Lipinski definition) is 5. The summed E-state index contributed by atoms with van der Waals surface area (Å²) in [7, 11) is 0. The number of fused-ring (bicyclic) bond motifs is 3. The third-order valence-corrected chi connectivity index (χ3v) is 7.20. The number of nitrogens with zero attached hydrogens (tertiary/aromatic N) is 4. The Morgan fingerprint density at radius 1 is 1.18 bits per heavy atom. The van der Waals surface area contributed by atoms with E-state index >= 15 is 0 Å². The van der Waals surface area contributed by atoms with Crippen LogP contribution in [0.15, 0.2) is 48.5 Å². The van der Waals surface area contributed by atoms with Crippen LogP contribution in [0.5, 0.6) is 0 Å². The predicted octanol–water partition coefficient (Wildman–Crippen LogP) is 6.59. The Balaban J connectivity index is 0.000000448. The molecule has 2 N–H and O–H groups in total. The fourth-order valence-electron chi connectivity index (χ4n) is 4.91. The number of benzene rings is 2. The Kier molecular flexibility index (Phi) is 8.66. The van der Waals surface area contributed by atoms with E-state index in [0.29, 0.717) is 6.04 Å². The number of carbonyl (C=O) groups is 1. The summed E-state index contributed by atoms with van der Waals surface area (Å²) in [5, 5.41) is 20.4. The van der Waals surface area contributed by atoms with E-state index in [1.165, 1.54) is 22.3 Å². The number of aliphatic carboxylic acids is 1. The first-order valence-electron chi connectivity index (χ1n) is 12.7. The van der Waals surface area contributed by atoms with Gasteiger partial charge in [0.1, 0.15) is 0 Å². The summed E-state index contributed by atoms with van der Waals surface area (Å²) < 4.78 is 33.8. The maximum Gasteiger partial charge on any atom is 0.490 e. The molecule has 5 rings (SSSR count). The molecule has 0 fully saturated rings. The second-order valence-corrected chi connectivity index (χ2v) is 10.4. The number of anilines is 1. The van der Waals surface area contributed by atoms with E-state index in [2.05, 4.69) is 64.7 Å². The third kappa shape index (κ3) is 6.80. The maximum absolute atomic E-state index is 10.6.